The van der Waals surface area contributed by atoms with E-state index in [1.54, 1.807) is 7.11 Å². The van der Waals surface area contributed by atoms with Crippen LogP contribution in [0.2, 0.25) is 0 Å². The zero-order valence-corrected chi connectivity index (χ0v) is 9.94. The van der Waals surface area contributed by atoms with Gasteiger partial charge in [-0.3, -0.25) is 4.79 Å². The Labute approximate surface area is 101 Å². The lowest BCUT2D eigenvalue weighted by Gasteiger charge is -2.09. The van der Waals surface area contributed by atoms with E-state index >= 15 is 0 Å². The number of hydrogen-bond donors (Lipinski definition) is 2. The van der Waals surface area contributed by atoms with Gasteiger partial charge in [0.1, 0.15) is 6.61 Å². The van der Waals surface area contributed by atoms with E-state index in [1.165, 1.54) is 0 Å². The van der Waals surface area contributed by atoms with Gasteiger partial charge in [-0.25, -0.2) is 0 Å². The fourth-order valence-corrected chi connectivity index (χ4v) is 1.31. The van der Waals surface area contributed by atoms with Crippen molar-refractivity contribution in [3.8, 4) is 0 Å². The van der Waals surface area contributed by atoms with Crippen molar-refractivity contribution in [1.29, 1.82) is 0 Å². The Bertz CT molecular complexity index is 355. The van der Waals surface area contributed by atoms with Gasteiger partial charge in [-0.15, -0.1) is 0 Å². The van der Waals surface area contributed by atoms with Crippen LogP contribution in [-0.4, -0.2) is 32.8 Å². The molecule has 0 aliphatic rings. The van der Waals surface area contributed by atoms with Gasteiger partial charge in [-0.1, -0.05) is 18.2 Å². The van der Waals surface area contributed by atoms with Crippen LogP contribution in [0, 0.1) is 0 Å². The molecule has 0 saturated heterocycles. The molecule has 0 aliphatic carbocycles. The van der Waals surface area contributed by atoms with E-state index in [9.17, 15) is 4.79 Å². The van der Waals surface area contributed by atoms with E-state index in [-0.39, 0.29) is 12.5 Å². The second-order valence-electron chi connectivity index (χ2n) is 3.45. The first-order valence-electron chi connectivity index (χ1n) is 5.42. The summed E-state index contributed by atoms with van der Waals surface area (Å²) in [4.78, 5) is 11.5. The monoisotopic (exact) mass is 238 g/mol. The van der Waals surface area contributed by atoms with Crippen LogP contribution in [0.5, 0.6) is 0 Å². The molecule has 0 unspecified atom stereocenters. The Hall–Kier alpha value is -1.43. The molecular weight excluding hydrogens is 220 g/mol. The van der Waals surface area contributed by atoms with Crippen molar-refractivity contribution in [2.24, 2.45) is 5.73 Å². The van der Waals surface area contributed by atoms with Gasteiger partial charge < -0.3 is 20.5 Å². The van der Waals surface area contributed by atoms with E-state index < -0.39 is 0 Å². The number of carbonyl (C=O) groups excluding carboxylic acids is 1. The molecule has 0 spiro atoms. The van der Waals surface area contributed by atoms with Crippen molar-refractivity contribution in [3.05, 3.63) is 29.8 Å². The van der Waals surface area contributed by atoms with Crippen molar-refractivity contribution in [2.75, 3.05) is 32.2 Å². The molecule has 1 aromatic carbocycles. The third-order valence-corrected chi connectivity index (χ3v) is 2.18. The minimum absolute atomic E-state index is 0.0161. The van der Waals surface area contributed by atoms with Crippen molar-refractivity contribution in [1.82, 2.24) is 0 Å². The summed E-state index contributed by atoms with van der Waals surface area (Å²) < 4.78 is 9.92. The topological polar surface area (TPSA) is 73.6 Å². The minimum atomic E-state index is -0.193. The summed E-state index contributed by atoms with van der Waals surface area (Å²) in [6.07, 6.45) is 0. The molecule has 0 bridgehead atoms. The average molecular weight is 238 g/mol. The van der Waals surface area contributed by atoms with Gasteiger partial charge in [0.05, 0.1) is 13.2 Å². The number of benzene rings is 1. The number of hydrogen-bond acceptors (Lipinski definition) is 4. The number of nitrogens with two attached hydrogens (primary N) is 1. The summed E-state index contributed by atoms with van der Waals surface area (Å²) >= 11 is 0. The van der Waals surface area contributed by atoms with Crippen LogP contribution in [0.1, 0.15) is 5.56 Å². The maximum atomic E-state index is 11.5. The van der Waals surface area contributed by atoms with Gasteiger partial charge in [0.15, 0.2) is 0 Å². The van der Waals surface area contributed by atoms with Gasteiger partial charge >= 0.3 is 0 Å². The first-order chi connectivity index (χ1) is 8.27. The molecule has 0 aliphatic heterocycles. The average Bonchev–Trinajstić information content (AvgIpc) is 2.35. The first-order valence-corrected chi connectivity index (χ1v) is 5.42. The normalized spacial score (nSPS) is 10.2. The van der Waals surface area contributed by atoms with E-state index in [4.69, 9.17) is 15.2 Å². The van der Waals surface area contributed by atoms with E-state index in [0.29, 0.717) is 19.8 Å². The zero-order chi connectivity index (χ0) is 12.5. The maximum absolute atomic E-state index is 11.5. The predicted octanol–water partition coefficient (Wildman–Crippen LogP) is 0.747. The van der Waals surface area contributed by atoms with Crippen LogP contribution in [0.25, 0.3) is 0 Å². The number of nitrogens with one attached hydrogen (secondary N) is 1. The largest absolute Gasteiger partial charge is 0.382 e. The third-order valence-electron chi connectivity index (χ3n) is 2.18. The number of methoxy groups -OCH3 is 1. The Morgan fingerprint density at radius 3 is 2.82 bits per heavy atom. The number of anilines is 1. The summed E-state index contributed by atoms with van der Waals surface area (Å²) in [5.41, 5.74) is 7.20. The highest BCUT2D eigenvalue weighted by atomic mass is 16.5. The predicted molar refractivity (Wildman–Crippen MR) is 65.7 cm³/mol. The lowest BCUT2D eigenvalue weighted by Crippen LogP contribution is -2.20. The standard InChI is InChI=1S/C12H18N2O3/c1-16-6-7-17-9-12(15)14-11-5-3-2-4-10(11)8-13/h2-5H,6-9,13H2,1H3,(H,14,15). The molecule has 0 fully saturated rings. The van der Waals surface area contributed by atoms with Crippen LogP contribution >= 0.6 is 0 Å². The van der Waals surface area contributed by atoms with Crippen molar-refractivity contribution in [2.45, 2.75) is 6.54 Å². The molecule has 94 valence electrons. The van der Waals surface area contributed by atoms with Gasteiger partial charge in [0.2, 0.25) is 5.91 Å². The quantitative estimate of drug-likeness (QED) is 0.687. The number of rotatable bonds is 7. The molecule has 0 heterocycles. The highest BCUT2D eigenvalue weighted by Gasteiger charge is 2.05. The van der Waals surface area contributed by atoms with Crippen LogP contribution in [-0.2, 0) is 20.8 Å². The van der Waals surface area contributed by atoms with E-state index in [0.717, 1.165) is 11.3 Å². The first kappa shape index (κ1) is 13.6. The Morgan fingerprint density at radius 2 is 2.12 bits per heavy atom. The van der Waals surface area contributed by atoms with Gasteiger partial charge in [-0.2, -0.15) is 0 Å². The molecule has 1 rings (SSSR count). The van der Waals surface area contributed by atoms with Crippen LogP contribution in [0.15, 0.2) is 24.3 Å². The van der Waals surface area contributed by atoms with Gasteiger partial charge in [0, 0.05) is 19.3 Å². The smallest absolute Gasteiger partial charge is 0.250 e. The van der Waals surface area contributed by atoms with Crippen molar-refractivity contribution in [3.63, 3.8) is 0 Å². The minimum Gasteiger partial charge on any atom is -0.382 e. The molecule has 0 atom stereocenters. The molecule has 5 nitrogen and oxygen atoms in total. The van der Waals surface area contributed by atoms with E-state index in [1.807, 2.05) is 24.3 Å². The summed E-state index contributed by atoms with van der Waals surface area (Å²) in [5, 5.41) is 2.75. The molecule has 1 aromatic rings. The van der Waals surface area contributed by atoms with Gasteiger partial charge in [-0.05, 0) is 11.6 Å². The second-order valence-corrected chi connectivity index (χ2v) is 3.45. The van der Waals surface area contributed by atoms with E-state index in [2.05, 4.69) is 5.32 Å². The zero-order valence-electron chi connectivity index (χ0n) is 9.94. The van der Waals surface area contributed by atoms with Crippen LogP contribution < -0.4 is 11.1 Å². The summed E-state index contributed by atoms with van der Waals surface area (Å²) in [7, 11) is 1.58. The maximum Gasteiger partial charge on any atom is 0.250 e. The summed E-state index contributed by atoms with van der Waals surface area (Å²) in [6.45, 7) is 1.29. The molecule has 17 heavy (non-hydrogen) atoms. The van der Waals surface area contributed by atoms with Crippen LogP contribution in [0.3, 0.4) is 0 Å². The molecule has 0 saturated carbocycles. The molecule has 3 N–H and O–H groups in total. The number of carbonyl (C=O) groups is 1. The lowest BCUT2D eigenvalue weighted by atomic mass is 10.2. The van der Waals surface area contributed by atoms with Crippen molar-refractivity contribution >= 4 is 11.6 Å². The molecule has 0 aromatic heterocycles. The summed E-state index contributed by atoms with van der Waals surface area (Å²) in [5.74, 6) is -0.193. The molecule has 5 heteroatoms. The highest BCUT2D eigenvalue weighted by Crippen LogP contribution is 2.13. The SMILES string of the molecule is COCCOCC(=O)Nc1ccccc1CN. The fraction of sp³-hybridized carbons (Fsp3) is 0.417. The highest BCUT2D eigenvalue weighted by molar-refractivity contribution is 5.92. The fourth-order valence-electron chi connectivity index (χ4n) is 1.31. The lowest BCUT2D eigenvalue weighted by molar-refractivity contribution is -0.121. The number of para-hydroxylation sites is 1. The molecule has 0 radical (unpaired) electrons. The number of amides is 1. The van der Waals surface area contributed by atoms with Gasteiger partial charge in [0.25, 0.3) is 0 Å². The molecule has 1 amide bonds. The molecular formula is C12H18N2O3. The van der Waals surface area contributed by atoms with Crippen LogP contribution in [0.4, 0.5) is 5.69 Å². The van der Waals surface area contributed by atoms with Crippen molar-refractivity contribution < 1.29 is 14.3 Å². The number of ether oxygens (including phenoxy) is 2. The Morgan fingerprint density at radius 1 is 1.35 bits per heavy atom. The Kier molecular flexibility index (Phi) is 6.24. The third kappa shape index (κ3) is 4.95. The second kappa shape index (κ2) is 7.78. The Balaban J connectivity index is 2.39. The summed E-state index contributed by atoms with van der Waals surface area (Å²) in [6, 6.07) is 7.42.